The van der Waals surface area contributed by atoms with Crippen LogP contribution in [0.25, 0.3) is 0 Å². The van der Waals surface area contributed by atoms with Gasteiger partial charge in [0.05, 0.1) is 26.3 Å². The average Bonchev–Trinajstić information content (AvgIpc) is 2.98. The zero-order valence-electron chi connectivity index (χ0n) is 13.6. The average molecular weight is 336 g/mol. The van der Waals surface area contributed by atoms with Crippen molar-refractivity contribution in [1.82, 2.24) is 10.3 Å². The summed E-state index contributed by atoms with van der Waals surface area (Å²) >= 11 is 1.63. The summed E-state index contributed by atoms with van der Waals surface area (Å²) in [6.07, 6.45) is 2.59. The Morgan fingerprint density at radius 2 is 1.83 bits per heavy atom. The van der Waals surface area contributed by atoms with E-state index in [1.54, 1.807) is 23.5 Å². The van der Waals surface area contributed by atoms with Crippen molar-refractivity contribution in [2.75, 3.05) is 27.9 Å². The number of hydrogen-bond acceptors (Lipinski definition) is 6. The van der Waals surface area contributed by atoms with Crippen molar-refractivity contribution in [2.45, 2.75) is 13.3 Å². The topological polar surface area (TPSA) is 69.7 Å². The van der Waals surface area contributed by atoms with E-state index in [9.17, 15) is 4.79 Å². The first-order valence-corrected chi connectivity index (χ1v) is 7.90. The van der Waals surface area contributed by atoms with E-state index in [0.29, 0.717) is 29.4 Å². The largest absolute Gasteiger partial charge is 0.493 e. The third-order valence-electron chi connectivity index (χ3n) is 3.25. The fraction of sp³-hybridized carbons (Fsp3) is 0.375. The van der Waals surface area contributed by atoms with Crippen LogP contribution in [0.4, 0.5) is 0 Å². The molecule has 124 valence electrons. The van der Waals surface area contributed by atoms with Gasteiger partial charge < -0.3 is 19.5 Å². The van der Waals surface area contributed by atoms with Crippen LogP contribution < -0.4 is 19.5 Å². The van der Waals surface area contributed by atoms with Crippen molar-refractivity contribution in [3.8, 4) is 17.2 Å². The van der Waals surface area contributed by atoms with Crippen LogP contribution in [0.2, 0.25) is 0 Å². The van der Waals surface area contributed by atoms with E-state index in [1.165, 1.54) is 21.3 Å². The molecule has 1 aromatic carbocycles. The number of amides is 1. The fourth-order valence-corrected chi connectivity index (χ4v) is 2.93. The van der Waals surface area contributed by atoms with E-state index in [2.05, 4.69) is 10.3 Å². The van der Waals surface area contributed by atoms with Crippen molar-refractivity contribution >= 4 is 17.2 Å². The highest BCUT2D eigenvalue weighted by Gasteiger charge is 2.16. The number of nitrogens with one attached hydrogen (secondary N) is 1. The predicted octanol–water partition coefficient (Wildman–Crippen LogP) is 2.45. The van der Waals surface area contributed by atoms with Crippen molar-refractivity contribution < 1.29 is 19.0 Å². The zero-order chi connectivity index (χ0) is 16.8. The second kappa shape index (κ2) is 7.82. The molecule has 2 rings (SSSR count). The first-order chi connectivity index (χ1) is 11.1. The molecule has 1 aromatic heterocycles. The van der Waals surface area contributed by atoms with E-state index >= 15 is 0 Å². The lowest BCUT2D eigenvalue weighted by Gasteiger charge is -2.14. The molecule has 0 spiro atoms. The smallest absolute Gasteiger partial charge is 0.251 e. The van der Waals surface area contributed by atoms with Gasteiger partial charge in [-0.1, -0.05) is 0 Å². The van der Waals surface area contributed by atoms with Crippen molar-refractivity contribution in [3.05, 3.63) is 33.8 Å². The molecule has 23 heavy (non-hydrogen) atoms. The molecule has 1 heterocycles. The van der Waals surface area contributed by atoms with Crippen LogP contribution in [0.5, 0.6) is 17.2 Å². The highest BCUT2D eigenvalue weighted by molar-refractivity contribution is 7.11. The quantitative estimate of drug-likeness (QED) is 0.841. The van der Waals surface area contributed by atoms with Crippen LogP contribution in [0, 0.1) is 6.92 Å². The fourth-order valence-electron chi connectivity index (χ4n) is 2.13. The number of thiazole rings is 1. The molecule has 0 atom stereocenters. The lowest BCUT2D eigenvalue weighted by Crippen LogP contribution is -2.25. The lowest BCUT2D eigenvalue weighted by molar-refractivity contribution is 0.0953. The van der Waals surface area contributed by atoms with Crippen molar-refractivity contribution in [3.63, 3.8) is 0 Å². The van der Waals surface area contributed by atoms with E-state index < -0.39 is 0 Å². The third kappa shape index (κ3) is 4.13. The van der Waals surface area contributed by atoms with Crippen LogP contribution in [-0.2, 0) is 6.42 Å². The van der Waals surface area contributed by atoms with E-state index in [-0.39, 0.29) is 5.91 Å². The van der Waals surface area contributed by atoms with Gasteiger partial charge in [-0.3, -0.25) is 4.79 Å². The SMILES string of the molecule is COc1cc(C(=O)NCCc2cnc(C)s2)cc(OC)c1OC. The molecule has 0 aliphatic rings. The number of methoxy groups -OCH3 is 3. The molecule has 0 bridgehead atoms. The second-order valence-electron chi connectivity index (χ2n) is 4.77. The number of carbonyl (C=O) groups excluding carboxylic acids is 1. The standard InChI is InChI=1S/C16H20N2O4S/c1-10-18-9-12(23-10)5-6-17-16(19)11-7-13(20-2)15(22-4)14(8-11)21-3/h7-9H,5-6H2,1-4H3,(H,17,19). The summed E-state index contributed by atoms with van der Waals surface area (Å²) in [5, 5.41) is 3.91. The molecule has 0 fully saturated rings. The van der Waals surface area contributed by atoms with E-state index in [0.717, 1.165) is 16.3 Å². The van der Waals surface area contributed by atoms with Crippen LogP contribution in [0.15, 0.2) is 18.3 Å². The number of ether oxygens (including phenoxy) is 3. The highest BCUT2D eigenvalue weighted by Crippen LogP contribution is 2.38. The summed E-state index contributed by atoms with van der Waals surface area (Å²) in [5.41, 5.74) is 0.458. The van der Waals surface area contributed by atoms with E-state index in [4.69, 9.17) is 14.2 Å². The Balaban J connectivity index is 2.06. The summed E-state index contributed by atoms with van der Waals surface area (Å²) in [6.45, 7) is 2.50. The van der Waals surface area contributed by atoms with Crippen LogP contribution in [0.1, 0.15) is 20.2 Å². The molecule has 0 saturated carbocycles. The maximum absolute atomic E-state index is 12.3. The summed E-state index contributed by atoms with van der Waals surface area (Å²) in [5.74, 6) is 1.18. The summed E-state index contributed by atoms with van der Waals surface area (Å²) in [4.78, 5) is 17.6. The number of benzene rings is 1. The zero-order valence-corrected chi connectivity index (χ0v) is 14.5. The Labute approximate surface area is 139 Å². The first kappa shape index (κ1) is 17.1. The Hall–Kier alpha value is -2.28. The van der Waals surface area contributed by atoms with Gasteiger partial charge in [-0.2, -0.15) is 0 Å². The second-order valence-corrected chi connectivity index (χ2v) is 6.08. The number of hydrogen-bond donors (Lipinski definition) is 1. The molecule has 0 unspecified atom stereocenters. The minimum Gasteiger partial charge on any atom is -0.493 e. The highest BCUT2D eigenvalue weighted by atomic mass is 32.1. The van der Waals surface area contributed by atoms with Crippen molar-refractivity contribution in [2.24, 2.45) is 0 Å². The number of nitrogens with zero attached hydrogens (tertiary/aromatic N) is 1. The number of rotatable bonds is 7. The predicted molar refractivity (Wildman–Crippen MR) is 89.0 cm³/mol. The Kier molecular flexibility index (Phi) is 5.81. The van der Waals surface area contributed by atoms with Gasteiger partial charge in [0.25, 0.3) is 5.91 Å². The Bertz CT molecular complexity index is 659. The van der Waals surface area contributed by atoms with Crippen molar-refractivity contribution in [1.29, 1.82) is 0 Å². The maximum Gasteiger partial charge on any atom is 0.251 e. The number of aromatic nitrogens is 1. The van der Waals surface area contributed by atoms with Gasteiger partial charge in [0.1, 0.15) is 0 Å². The molecule has 1 N–H and O–H groups in total. The van der Waals surface area contributed by atoms with Gasteiger partial charge in [0.15, 0.2) is 11.5 Å². The van der Waals surface area contributed by atoms with Gasteiger partial charge in [0, 0.05) is 29.6 Å². The molecule has 0 aliphatic heterocycles. The minimum absolute atomic E-state index is 0.189. The molecule has 7 heteroatoms. The number of carbonyl (C=O) groups is 1. The summed E-state index contributed by atoms with van der Waals surface area (Å²) in [7, 11) is 4.56. The van der Waals surface area contributed by atoms with E-state index in [1.807, 2.05) is 13.1 Å². The molecular formula is C16H20N2O4S. The van der Waals surface area contributed by atoms with Gasteiger partial charge in [-0.25, -0.2) is 4.98 Å². The Morgan fingerprint density at radius 1 is 1.17 bits per heavy atom. The monoisotopic (exact) mass is 336 g/mol. The van der Waals surface area contributed by atoms with Crippen LogP contribution in [-0.4, -0.2) is 38.8 Å². The normalized spacial score (nSPS) is 10.3. The maximum atomic E-state index is 12.3. The minimum atomic E-state index is -0.189. The molecule has 6 nitrogen and oxygen atoms in total. The van der Waals surface area contributed by atoms with Gasteiger partial charge in [-0.05, 0) is 19.1 Å². The third-order valence-corrected chi connectivity index (χ3v) is 4.23. The molecule has 1 amide bonds. The molecule has 0 aliphatic carbocycles. The Morgan fingerprint density at radius 3 is 2.30 bits per heavy atom. The molecule has 0 radical (unpaired) electrons. The van der Waals surface area contributed by atoms with Gasteiger partial charge in [0.2, 0.25) is 5.75 Å². The summed E-state index contributed by atoms with van der Waals surface area (Å²) < 4.78 is 15.8. The van der Waals surface area contributed by atoms with Gasteiger partial charge >= 0.3 is 0 Å². The van der Waals surface area contributed by atoms with Crippen LogP contribution >= 0.6 is 11.3 Å². The van der Waals surface area contributed by atoms with Crippen LogP contribution in [0.3, 0.4) is 0 Å². The summed E-state index contributed by atoms with van der Waals surface area (Å²) in [6, 6.07) is 3.26. The lowest BCUT2D eigenvalue weighted by atomic mass is 10.1. The first-order valence-electron chi connectivity index (χ1n) is 7.08. The number of aryl methyl sites for hydroxylation is 1. The molecule has 2 aromatic rings. The molecular weight excluding hydrogens is 316 g/mol. The molecule has 0 saturated heterocycles. The van der Waals surface area contributed by atoms with Gasteiger partial charge in [-0.15, -0.1) is 11.3 Å².